The summed E-state index contributed by atoms with van der Waals surface area (Å²) in [6.45, 7) is 0. The highest BCUT2D eigenvalue weighted by atomic mass is 79.9. The standard InChI is InChI=1S/C13H10BrN5O2/c1-20-10-5-9(16-6-17-10)12-18-13(21-19-12)7-3-2-4-8(14)11(7)15/h2-6H,15H2,1H3. The molecule has 2 aromatic heterocycles. The lowest BCUT2D eigenvalue weighted by Crippen LogP contribution is -1.93. The molecule has 3 aromatic rings. The molecule has 0 fully saturated rings. The van der Waals surface area contributed by atoms with Crippen LogP contribution < -0.4 is 10.5 Å². The van der Waals surface area contributed by atoms with Gasteiger partial charge in [0.1, 0.15) is 12.0 Å². The lowest BCUT2D eigenvalue weighted by molar-refractivity contribution is 0.397. The van der Waals surface area contributed by atoms with E-state index in [1.165, 1.54) is 13.4 Å². The first-order valence-electron chi connectivity index (χ1n) is 5.93. The van der Waals surface area contributed by atoms with E-state index in [-0.39, 0.29) is 0 Å². The molecule has 3 rings (SSSR count). The Kier molecular flexibility index (Phi) is 3.53. The summed E-state index contributed by atoms with van der Waals surface area (Å²) in [5.41, 5.74) is 7.68. The van der Waals surface area contributed by atoms with Gasteiger partial charge >= 0.3 is 0 Å². The second-order valence-electron chi connectivity index (χ2n) is 4.07. The molecule has 0 aliphatic rings. The zero-order chi connectivity index (χ0) is 14.8. The molecule has 1 aromatic carbocycles. The van der Waals surface area contributed by atoms with Gasteiger partial charge in [-0.25, -0.2) is 9.97 Å². The van der Waals surface area contributed by atoms with E-state index in [9.17, 15) is 0 Å². The van der Waals surface area contributed by atoms with Crippen molar-refractivity contribution < 1.29 is 9.26 Å². The van der Waals surface area contributed by atoms with E-state index in [1.807, 2.05) is 12.1 Å². The van der Waals surface area contributed by atoms with Gasteiger partial charge in [0.05, 0.1) is 18.4 Å². The summed E-state index contributed by atoms with van der Waals surface area (Å²) in [5.74, 6) is 1.08. The fourth-order valence-corrected chi connectivity index (χ4v) is 2.10. The first-order valence-corrected chi connectivity index (χ1v) is 6.73. The number of nitrogen functional groups attached to an aromatic ring is 1. The lowest BCUT2D eigenvalue weighted by Gasteiger charge is -2.01. The smallest absolute Gasteiger partial charge is 0.260 e. The summed E-state index contributed by atoms with van der Waals surface area (Å²) in [5, 5.41) is 3.91. The van der Waals surface area contributed by atoms with E-state index < -0.39 is 0 Å². The summed E-state index contributed by atoms with van der Waals surface area (Å²) >= 11 is 3.36. The van der Waals surface area contributed by atoms with Gasteiger partial charge in [-0.3, -0.25) is 0 Å². The predicted molar refractivity (Wildman–Crippen MR) is 79.4 cm³/mol. The van der Waals surface area contributed by atoms with Gasteiger partial charge < -0.3 is 15.0 Å². The van der Waals surface area contributed by atoms with Gasteiger partial charge in [-0.2, -0.15) is 4.98 Å². The third-order valence-corrected chi connectivity index (χ3v) is 3.48. The third-order valence-electron chi connectivity index (χ3n) is 2.79. The van der Waals surface area contributed by atoms with E-state index in [4.69, 9.17) is 15.0 Å². The Morgan fingerprint density at radius 2 is 2.14 bits per heavy atom. The number of nitrogens with two attached hydrogens (primary N) is 1. The number of para-hydroxylation sites is 1. The van der Waals surface area contributed by atoms with Crippen molar-refractivity contribution in [2.75, 3.05) is 12.8 Å². The van der Waals surface area contributed by atoms with E-state index in [2.05, 4.69) is 36.0 Å². The minimum absolute atomic E-state index is 0.321. The van der Waals surface area contributed by atoms with Crippen LogP contribution in [0.3, 0.4) is 0 Å². The van der Waals surface area contributed by atoms with Crippen molar-refractivity contribution in [3.63, 3.8) is 0 Å². The van der Waals surface area contributed by atoms with Crippen molar-refractivity contribution in [1.29, 1.82) is 0 Å². The number of anilines is 1. The average molecular weight is 348 g/mol. The second kappa shape index (κ2) is 5.49. The summed E-state index contributed by atoms with van der Waals surface area (Å²) < 4.78 is 11.1. The number of ether oxygens (including phenoxy) is 1. The Bertz CT molecular complexity index is 790. The zero-order valence-corrected chi connectivity index (χ0v) is 12.5. The molecule has 0 amide bonds. The number of methoxy groups -OCH3 is 1. The van der Waals surface area contributed by atoms with Crippen molar-refractivity contribution in [2.24, 2.45) is 0 Å². The molecule has 21 heavy (non-hydrogen) atoms. The van der Waals surface area contributed by atoms with E-state index >= 15 is 0 Å². The molecule has 0 unspecified atom stereocenters. The number of benzene rings is 1. The molecule has 0 saturated carbocycles. The molecule has 0 saturated heterocycles. The molecule has 0 radical (unpaired) electrons. The van der Waals surface area contributed by atoms with Crippen molar-refractivity contribution in [2.45, 2.75) is 0 Å². The second-order valence-corrected chi connectivity index (χ2v) is 4.92. The highest BCUT2D eigenvalue weighted by Gasteiger charge is 2.15. The van der Waals surface area contributed by atoms with Crippen LogP contribution in [0.25, 0.3) is 23.0 Å². The van der Waals surface area contributed by atoms with Crippen molar-refractivity contribution in [3.05, 3.63) is 35.1 Å². The number of halogens is 1. The van der Waals surface area contributed by atoms with E-state index in [1.54, 1.807) is 12.1 Å². The molecule has 0 bridgehead atoms. The Labute approximate surface area is 128 Å². The summed E-state index contributed by atoms with van der Waals surface area (Å²) in [6, 6.07) is 7.11. The van der Waals surface area contributed by atoms with Crippen LogP contribution in [-0.2, 0) is 0 Å². The average Bonchev–Trinajstić information content (AvgIpc) is 3.00. The number of rotatable bonds is 3. The monoisotopic (exact) mass is 347 g/mol. The number of hydrogen-bond donors (Lipinski definition) is 1. The van der Waals surface area contributed by atoms with Gasteiger partial charge in [-0.15, -0.1) is 0 Å². The molecule has 8 heteroatoms. The first-order chi connectivity index (χ1) is 10.2. The fourth-order valence-electron chi connectivity index (χ4n) is 1.73. The SMILES string of the molecule is COc1cc(-c2noc(-c3cccc(Br)c3N)n2)ncn1. The molecule has 0 aliphatic heterocycles. The van der Waals surface area contributed by atoms with Crippen LogP contribution in [-0.4, -0.2) is 27.2 Å². The van der Waals surface area contributed by atoms with E-state index in [0.29, 0.717) is 34.5 Å². The van der Waals surface area contributed by atoms with Crippen LogP contribution in [0.5, 0.6) is 5.88 Å². The minimum atomic E-state index is 0.321. The molecular formula is C13H10BrN5O2. The van der Waals surface area contributed by atoms with Crippen LogP contribution in [0.4, 0.5) is 5.69 Å². The van der Waals surface area contributed by atoms with Crippen molar-refractivity contribution in [3.8, 4) is 28.9 Å². The highest BCUT2D eigenvalue weighted by Crippen LogP contribution is 2.31. The van der Waals surface area contributed by atoms with Gasteiger partial charge in [0, 0.05) is 10.5 Å². The molecule has 0 spiro atoms. The first kappa shape index (κ1) is 13.5. The van der Waals surface area contributed by atoms with E-state index in [0.717, 1.165) is 4.47 Å². The Balaban J connectivity index is 2.01. The molecule has 2 heterocycles. The topological polar surface area (TPSA) is 100.0 Å². The van der Waals surface area contributed by atoms with Gasteiger partial charge in [0.25, 0.3) is 5.89 Å². The molecule has 0 atom stereocenters. The number of nitrogens with zero attached hydrogens (tertiary/aromatic N) is 4. The van der Waals surface area contributed by atoms with Crippen LogP contribution >= 0.6 is 15.9 Å². The third kappa shape index (κ3) is 2.57. The summed E-state index contributed by atoms with van der Waals surface area (Å²) in [6.07, 6.45) is 1.37. The molecular weight excluding hydrogens is 338 g/mol. The van der Waals surface area contributed by atoms with Crippen molar-refractivity contribution in [1.82, 2.24) is 20.1 Å². The van der Waals surface area contributed by atoms with Gasteiger partial charge in [-0.05, 0) is 28.1 Å². The summed E-state index contributed by atoms with van der Waals surface area (Å²) in [7, 11) is 1.52. The maximum Gasteiger partial charge on any atom is 0.260 e. The molecule has 7 nitrogen and oxygen atoms in total. The van der Waals surface area contributed by atoms with Crippen LogP contribution in [0, 0.1) is 0 Å². The van der Waals surface area contributed by atoms with Crippen LogP contribution in [0.15, 0.2) is 39.6 Å². The maximum atomic E-state index is 5.99. The predicted octanol–water partition coefficient (Wildman–Crippen LogP) is 2.55. The Morgan fingerprint density at radius 1 is 1.29 bits per heavy atom. The maximum absolute atomic E-state index is 5.99. The Morgan fingerprint density at radius 3 is 2.95 bits per heavy atom. The molecule has 2 N–H and O–H groups in total. The largest absolute Gasteiger partial charge is 0.481 e. The van der Waals surface area contributed by atoms with Crippen molar-refractivity contribution >= 4 is 21.6 Å². The quantitative estimate of drug-likeness (QED) is 0.726. The van der Waals surface area contributed by atoms with Gasteiger partial charge in [0.2, 0.25) is 11.7 Å². The normalized spacial score (nSPS) is 10.6. The van der Waals surface area contributed by atoms with Crippen LogP contribution in [0.2, 0.25) is 0 Å². The lowest BCUT2D eigenvalue weighted by atomic mass is 10.2. The minimum Gasteiger partial charge on any atom is -0.481 e. The highest BCUT2D eigenvalue weighted by molar-refractivity contribution is 9.10. The number of hydrogen-bond acceptors (Lipinski definition) is 7. The fraction of sp³-hybridized carbons (Fsp3) is 0.0769. The molecule has 0 aliphatic carbocycles. The van der Waals surface area contributed by atoms with Gasteiger partial charge in [-0.1, -0.05) is 11.2 Å². The van der Waals surface area contributed by atoms with Gasteiger partial charge in [0.15, 0.2) is 0 Å². The van der Waals surface area contributed by atoms with Crippen LogP contribution in [0.1, 0.15) is 0 Å². The molecule has 106 valence electrons. The Hall–Kier alpha value is -2.48. The zero-order valence-electron chi connectivity index (χ0n) is 10.9. The number of aromatic nitrogens is 4. The summed E-state index contributed by atoms with van der Waals surface area (Å²) in [4.78, 5) is 12.3.